The highest BCUT2D eigenvalue weighted by atomic mass is 35.5. The van der Waals surface area contributed by atoms with Crippen LogP contribution in [0.2, 0.25) is 10.0 Å². The third-order valence-electron chi connectivity index (χ3n) is 4.75. The third-order valence-corrected chi connectivity index (χ3v) is 5.39. The molecule has 2 amide bonds. The van der Waals surface area contributed by atoms with Gasteiger partial charge in [0.15, 0.2) is 0 Å². The molecule has 1 N–H and O–H groups in total. The molecule has 8 heteroatoms. The molecule has 1 saturated heterocycles. The van der Waals surface area contributed by atoms with Gasteiger partial charge in [-0.3, -0.25) is 0 Å². The Morgan fingerprint density at radius 2 is 2.11 bits per heavy atom. The predicted molar refractivity (Wildman–Crippen MR) is 109 cm³/mol. The van der Waals surface area contributed by atoms with E-state index in [0.717, 1.165) is 24.0 Å². The number of nitrogens with one attached hydrogen (secondary N) is 1. The summed E-state index contributed by atoms with van der Waals surface area (Å²) in [6.45, 7) is 2.53. The Morgan fingerprint density at radius 3 is 2.89 bits per heavy atom. The van der Waals surface area contributed by atoms with Crippen molar-refractivity contribution in [1.29, 1.82) is 0 Å². The Labute approximate surface area is 172 Å². The molecule has 1 unspecified atom stereocenters. The topological polar surface area (TPSA) is 71.3 Å². The van der Waals surface area contributed by atoms with Crippen LogP contribution >= 0.6 is 23.2 Å². The fourth-order valence-electron chi connectivity index (χ4n) is 3.25. The van der Waals surface area contributed by atoms with Crippen LogP contribution in [-0.4, -0.2) is 27.6 Å². The monoisotopic (exact) mass is 416 g/mol. The van der Waals surface area contributed by atoms with Gasteiger partial charge >= 0.3 is 6.03 Å². The summed E-state index contributed by atoms with van der Waals surface area (Å²) in [6.07, 6.45) is 1.63. The van der Waals surface area contributed by atoms with E-state index < -0.39 is 0 Å². The minimum Gasteiger partial charge on any atom is -0.337 e. The minimum absolute atomic E-state index is 0.218. The van der Waals surface area contributed by atoms with Gasteiger partial charge in [0, 0.05) is 27.8 Å². The first-order chi connectivity index (χ1) is 13.5. The van der Waals surface area contributed by atoms with E-state index in [-0.39, 0.29) is 12.1 Å². The lowest BCUT2D eigenvalue weighted by Gasteiger charge is -2.22. The summed E-state index contributed by atoms with van der Waals surface area (Å²) in [5, 5.41) is 8.15. The number of halogens is 2. The molecule has 0 bridgehead atoms. The molecule has 1 atom stereocenters. The molecule has 0 aliphatic carbocycles. The Balaban J connectivity index is 1.52. The van der Waals surface area contributed by atoms with Crippen LogP contribution in [-0.2, 0) is 0 Å². The third kappa shape index (κ3) is 3.84. The molecular formula is C20H18Cl2N4O2. The van der Waals surface area contributed by atoms with Crippen LogP contribution in [0.25, 0.3) is 11.4 Å². The lowest BCUT2D eigenvalue weighted by atomic mass is 10.2. The van der Waals surface area contributed by atoms with Crippen LogP contribution in [0.3, 0.4) is 0 Å². The number of likely N-dealkylation sites (tertiary alicyclic amines) is 1. The molecule has 1 aliphatic heterocycles. The van der Waals surface area contributed by atoms with Crippen LogP contribution in [0.4, 0.5) is 10.5 Å². The molecule has 1 aliphatic rings. The maximum absolute atomic E-state index is 12.8. The Bertz CT molecular complexity index is 1020. The molecule has 2 heterocycles. The summed E-state index contributed by atoms with van der Waals surface area (Å²) in [6, 6.07) is 12.2. The van der Waals surface area contributed by atoms with Crippen molar-refractivity contribution in [2.45, 2.75) is 25.8 Å². The van der Waals surface area contributed by atoms with E-state index in [9.17, 15) is 4.79 Å². The molecule has 4 rings (SSSR count). The van der Waals surface area contributed by atoms with Crippen molar-refractivity contribution < 1.29 is 9.32 Å². The highest BCUT2D eigenvalue weighted by molar-refractivity contribution is 6.31. The number of nitrogens with zero attached hydrogens (tertiary/aromatic N) is 3. The molecule has 1 aromatic heterocycles. The number of amides is 2. The van der Waals surface area contributed by atoms with E-state index in [1.165, 1.54) is 0 Å². The maximum atomic E-state index is 12.8. The number of hydrogen-bond donors (Lipinski definition) is 1. The van der Waals surface area contributed by atoms with Gasteiger partial charge in [-0.2, -0.15) is 4.98 Å². The van der Waals surface area contributed by atoms with Crippen molar-refractivity contribution >= 4 is 34.9 Å². The zero-order valence-corrected chi connectivity index (χ0v) is 16.7. The normalized spacial score (nSPS) is 16.4. The second kappa shape index (κ2) is 7.81. The van der Waals surface area contributed by atoms with Gasteiger partial charge in [0.05, 0.1) is 0 Å². The molecule has 3 aromatic rings. The van der Waals surface area contributed by atoms with E-state index in [4.69, 9.17) is 27.7 Å². The summed E-state index contributed by atoms with van der Waals surface area (Å²) in [7, 11) is 0. The van der Waals surface area contributed by atoms with Crippen LogP contribution in [0.5, 0.6) is 0 Å². The molecule has 0 radical (unpaired) electrons. The first-order valence-corrected chi connectivity index (χ1v) is 9.70. The van der Waals surface area contributed by atoms with E-state index in [1.807, 2.05) is 31.2 Å². The van der Waals surface area contributed by atoms with Gasteiger partial charge in [-0.25, -0.2) is 4.79 Å². The summed E-state index contributed by atoms with van der Waals surface area (Å²) in [5.41, 5.74) is 2.38. The minimum atomic E-state index is -0.263. The number of aryl methyl sites for hydroxylation is 1. The van der Waals surface area contributed by atoms with E-state index in [2.05, 4.69) is 15.5 Å². The molecular weight excluding hydrogens is 399 g/mol. The summed E-state index contributed by atoms with van der Waals surface area (Å²) in [5.74, 6) is 0.875. The molecule has 28 heavy (non-hydrogen) atoms. The van der Waals surface area contributed by atoms with Crippen molar-refractivity contribution in [2.75, 3.05) is 11.9 Å². The average molecular weight is 417 g/mol. The van der Waals surface area contributed by atoms with E-state index in [1.54, 1.807) is 23.1 Å². The van der Waals surface area contributed by atoms with Gasteiger partial charge < -0.3 is 14.7 Å². The SMILES string of the molecule is Cc1ccc(NC(=O)N2CCCC2c2nc(-c3cccc(Cl)c3)no2)cc1Cl. The number of hydrogen-bond acceptors (Lipinski definition) is 4. The molecule has 0 saturated carbocycles. The maximum Gasteiger partial charge on any atom is 0.322 e. The van der Waals surface area contributed by atoms with Crippen molar-refractivity contribution in [2.24, 2.45) is 0 Å². The number of carbonyl (C=O) groups is 1. The average Bonchev–Trinajstić information content (AvgIpc) is 3.33. The first kappa shape index (κ1) is 18.8. The highest BCUT2D eigenvalue weighted by Gasteiger charge is 2.34. The Morgan fingerprint density at radius 1 is 1.25 bits per heavy atom. The lowest BCUT2D eigenvalue weighted by Crippen LogP contribution is -2.34. The predicted octanol–water partition coefficient (Wildman–Crippen LogP) is 5.72. The standard InChI is InChI=1S/C20H18Cl2N4O2/c1-12-7-8-15(11-16(12)22)23-20(27)26-9-3-6-17(26)19-24-18(25-28-19)13-4-2-5-14(21)10-13/h2,4-5,7-8,10-11,17H,3,6,9H2,1H3,(H,23,27). The number of aromatic nitrogens is 2. The van der Waals surface area contributed by atoms with Crippen LogP contribution in [0.15, 0.2) is 47.0 Å². The largest absolute Gasteiger partial charge is 0.337 e. The Kier molecular flexibility index (Phi) is 5.24. The van der Waals surface area contributed by atoms with Crippen molar-refractivity contribution in [3.05, 3.63) is 64.0 Å². The first-order valence-electron chi connectivity index (χ1n) is 8.94. The second-order valence-electron chi connectivity index (χ2n) is 6.71. The molecule has 0 spiro atoms. The van der Waals surface area contributed by atoms with Crippen molar-refractivity contribution in [1.82, 2.24) is 15.0 Å². The van der Waals surface area contributed by atoms with Crippen LogP contribution in [0, 0.1) is 6.92 Å². The number of urea groups is 1. The molecule has 144 valence electrons. The Hall–Kier alpha value is -2.57. The summed E-state index contributed by atoms with van der Waals surface area (Å²) >= 11 is 12.2. The number of carbonyl (C=O) groups excluding carboxylic acids is 1. The van der Waals surface area contributed by atoms with E-state index in [0.29, 0.717) is 34.0 Å². The summed E-state index contributed by atoms with van der Waals surface area (Å²) in [4.78, 5) is 19.0. The highest BCUT2D eigenvalue weighted by Crippen LogP contribution is 2.33. The lowest BCUT2D eigenvalue weighted by molar-refractivity contribution is 0.193. The second-order valence-corrected chi connectivity index (χ2v) is 7.56. The fraction of sp³-hybridized carbons (Fsp3) is 0.250. The smallest absolute Gasteiger partial charge is 0.322 e. The van der Waals surface area contributed by atoms with E-state index >= 15 is 0 Å². The zero-order chi connectivity index (χ0) is 19.7. The summed E-state index contributed by atoms with van der Waals surface area (Å²) < 4.78 is 5.46. The fourth-order valence-corrected chi connectivity index (χ4v) is 3.62. The van der Waals surface area contributed by atoms with Gasteiger partial charge in [-0.1, -0.05) is 46.6 Å². The van der Waals surface area contributed by atoms with Gasteiger partial charge in [0.25, 0.3) is 0 Å². The van der Waals surface area contributed by atoms with Crippen LogP contribution < -0.4 is 5.32 Å². The van der Waals surface area contributed by atoms with Crippen LogP contribution in [0.1, 0.15) is 30.3 Å². The number of anilines is 1. The van der Waals surface area contributed by atoms with Crippen molar-refractivity contribution in [3.8, 4) is 11.4 Å². The number of benzene rings is 2. The van der Waals surface area contributed by atoms with Gasteiger partial charge in [0.1, 0.15) is 6.04 Å². The van der Waals surface area contributed by atoms with Gasteiger partial charge in [-0.15, -0.1) is 0 Å². The molecule has 1 fully saturated rings. The molecule has 2 aromatic carbocycles. The zero-order valence-electron chi connectivity index (χ0n) is 15.2. The van der Waals surface area contributed by atoms with Gasteiger partial charge in [-0.05, 0) is 49.6 Å². The molecule has 6 nitrogen and oxygen atoms in total. The number of rotatable bonds is 3. The quantitative estimate of drug-likeness (QED) is 0.592. The van der Waals surface area contributed by atoms with Crippen molar-refractivity contribution in [3.63, 3.8) is 0 Å². The van der Waals surface area contributed by atoms with Gasteiger partial charge in [0.2, 0.25) is 11.7 Å².